The third kappa shape index (κ3) is 51.9. The van der Waals surface area contributed by atoms with Crippen molar-refractivity contribution in [2.24, 2.45) is 0 Å². The maximum Gasteiger partial charge on any atom is 0.472 e. The molecule has 66 heavy (non-hydrogen) atoms. The van der Waals surface area contributed by atoms with Gasteiger partial charge in [0, 0.05) is 12.8 Å². The second kappa shape index (κ2) is 48.5. The van der Waals surface area contributed by atoms with E-state index >= 15 is 0 Å². The van der Waals surface area contributed by atoms with Gasteiger partial charge in [-0.1, -0.05) is 237 Å². The number of phosphoric acid groups is 1. The molecule has 0 aliphatic rings. The minimum Gasteiger partial charge on any atom is -0.462 e. The Hall–Kier alpha value is -1.51. The third-order valence-electron chi connectivity index (χ3n) is 12.5. The molecule has 0 aromatic heterocycles. The molecule has 0 aromatic carbocycles. The van der Waals surface area contributed by atoms with Crippen molar-refractivity contribution < 1.29 is 42.1 Å². The molecule has 2 atom stereocenters. The second-order valence-electron chi connectivity index (χ2n) is 20.3. The van der Waals surface area contributed by atoms with Crippen LogP contribution in [0.4, 0.5) is 0 Å². The van der Waals surface area contributed by atoms with Crippen molar-refractivity contribution in [2.45, 2.75) is 277 Å². The zero-order valence-corrected chi connectivity index (χ0v) is 45.1. The van der Waals surface area contributed by atoms with E-state index in [1.54, 1.807) is 0 Å². The molecule has 0 spiro atoms. The molecule has 0 radical (unpaired) electrons. The number of ether oxygens (including phenoxy) is 2. The maximum atomic E-state index is 12.8. The molecule has 0 rings (SSSR count). The summed E-state index contributed by atoms with van der Waals surface area (Å²) in [5, 5.41) is 0. The Morgan fingerprint density at radius 1 is 0.470 bits per heavy atom. The summed E-state index contributed by atoms with van der Waals surface area (Å²) < 4.78 is 34.6. The number of rotatable bonds is 52. The quantitative estimate of drug-likeness (QED) is 0.0211. The molecular weight excluding hydrogens is 846 g/mol. The molecule has 0 fully saturated rings. The van der Waals surface area contributed by atoms with Crippen LogP contribution in [0.25, 0.3) is 0 Å². The van der Waals surface area contributed by atoms with E-state index < -0.39 is 26.5 Å². The first kappa shape index (κ1) is 64.5. The zero-order valence-electron chi connectivity index (χ0n) is 44.2. The van der Waals surface area contributed by atoms with E-state index in [4.69, 9.17) is 18.5 Å². The fraction of sp³-hybridized carbons (Fsp3) is 0.893. The number of carbonyl (C=O) groups excluding carboxylic acids is 2. The number of nitrogens with zero attached hydrogens (tertiary/aromatic N) is 1. The van der Waals surface area contributed by atoms with Gasteiger partial charge < -0.3 is 18.9 Å². The molecule has 1 N–H and O–H groups in total. The van der Waals surface area contributed by atoms with Gasteiger partial charge in [-0.05, 0) is 44.9 Å². The Labute approximate surface area is 409 Å². The highest BCUT2D eigenvalue weighted by molar-refractivity contribution is 7.47. The summed E-state index contributed by atoms with van der Waals surface area (Å²) in [5.74, 6) is -0.785. The Kier molecular flexibility index (Phi) is 47.4. The molecular formula is C56H109NO8P+. The first-order valence-electron chi connectivity index (χ1n) is 28.1. The first-order chi connectivity index (χ1) is 32.0. The van der Waals surface area contributed by atoms with Crippen LogP contribution in [0.5, 0.6) is 0 Å². The van der Waals surface area contributed by atoms with Crippen LogP contribution in [0.2, 0.25) is 0 Å². The van der Waals surface area contributed by atoms with E-state index in [0.29, 0.717) is 23.9 Å². The van der Waals surface area contributed by atoms with E-state index in [2.05, 4.69) is 38.2 Å². The summed E-state index contributed by atoms with van der Waals surface area (Å²) in [6, 6.07) is 0. The van der Waals surface area contributed by atoms with E-state index in [1.165, 1.54) is 199 Å². The number of carbonyl (C=O) groups is 2. The topological polar surface area (TPSA) is 108 Å². The van der Waals surface area contributed by atoms with Crippen LogP contribution in [-0.2, 0) is 32.7 Å². The lowest BCUT2D eigenvalue weighted by atomic mass is 10.0. The zero-order chi connectivity index (χ0) is 48.5. The first-order valence-corrected chi connectivity index (χ1v) is 29.6. The van der Waals surface area contributed by atoms with Gasteiger partial charge >= 0.3 is 19.8 Å². The molecule has 0 saturated heterocycles. The van der Waals surface area contributed by atoms with E-state index in [9.17, 15) is 19.0 Å². The number of phosphoric ester groups is 1. The normalized spacial score (nSPS) is 13.5. The average Bonchev–Trinajstić information content (AvgIpc) is 3.27. The SMILES string of the molecule is CCCCCCC/C=C\C/C=C\CCCCCCCCCCCCCC(=O)OC(COC(=O)CCCCCCCCCCCCCCCCCCCCC)COP(=O)(O)OCC[N+](C)(C)C. The van der Waals surface area contributed by atoms with Crippen molar-refractivity contribution in [1.82, 2.24) is 0 Å². The van der Waals surface area contributed by atoms with E-state index in [-0.39, 0.29) is 25.6 Å². The number of allylic oxidation sites excluding steroid dienone is 4. The van der Waals surface area contributed by atoms with Gasteiger partial charge in [-0.15, -0.1) is 0 Å². The largest absolute Gasteiger partial charge is 0.472 e. The van der Waals surface area contributed by atoms with Crippen molar-refractivity contribution in [1.29, 1.82) is 0 Å². The van der Waals surface area contributed by atoms with Crippen LogP contribution in [0, 0.1) is 0 Å². The Bertz CT molecular complexity index is 1170. The van der Waals surface area contributed by atoms with E-state index in [0.717, 1.165) is 38.5 Å². The van der Waals surface area contributed by atoms with Crippen LogP contribution in [0.15, 0.2) is 24.3 Å². The van der Waals surface area contributed by atoms with Gasteiger partial charge in [0.1, 0.15) is 19.8 Å². The highest BCUT2D eigenvalue weighted by atomic mass is 31.2. The van der Waals surface area contributed by atoms with Gasteiger partial charge in [-0.25, -0.2) is 4.57 Å². The Morgan fingerprint density at radius 3 is 1.20 bits per heavy atom. The Balaban J connectivity index is 4.17. The fourth-order valence-corrected chi connectivity index (χ4v) is 8.85. The Morgan fingerprint density at radius 2 is 0.818 bits per heavy atom. The molecule has 0 aliphatic heterocycles. The molecule has 0 aromatic rings. The summed E-state index contributed by atoms with van der Waals surface area (Å²) >= 11 is 0. The minimum absolute atomic E-state index is 0.0339. The highest BCUT2D eigenvalue weighted by Gasteiger charge is 2.27. The predicted octanol–water partition coefficient (Wildman–Crippen LogP) is 17.0. The summed E-state index contributed by atoms with van der Waals surface area (Å²) in [7, 11) is 1.49. The molecule has 0 heterocycles. The lowest BCUT2D eigenvalue weighted by Gasteiger charge is -2.24. The maximum absolute atomic E-state index is 12.8. The molecule has 2 unspecified atom stereocenters. The van der Waals surface area contributed by atoms with Crippen molar-refractivity contribution in [2.75, 3.05) is 47.5 Å². The van der Waals surface area contributed by atoms with Crippen LogP contribution in [0.1, 0.15) is 271 Å². The lowest BCUT2D eigenvalue weighted by Crippen LogP contribution is -2.37. The van der Waals surface area contributed by atoms with Crippen molar-refractivity contribution >= 4 is 19.8 Å². The summed E-state index contributed by atoms with van der Waals surface area (Å²) in [6.07, 6.45) is 56.6. The van der Waals surface area contributed by atoms with Crippen LogP contribution < -0.4 is 0 Å². The number of hydrogen-bond donors (Lipinski definition) is 1. The molecule has 9 nitrogen and oxygen atoms in total. The summed E-state index contributed by atoms with van der Waals surface area (Å²) in [5.41, 5.74) is 0. The van der Waals surface area contributed by atoms with Gasteiger partial charge in [0.15, 0.2) is 6.10 Å². The third-order valence-corrected chi connectivity index (χ3v) is 13.5. The number of quaternary nitrogens is 1. The fourth-order valence-electron chi connectivity index (χ4n) is 8.11. The molecule has 10 heteroatoms. The molecule has 0 saturated carbocycles. The predicted molar refractivity (Wildman–Crippen MR) is 280 cm³/mol. The lowest BCUT2D eigenvalue weighted by molar-refractivity contribution is -0.870. The van der Waals surface area contributed by atoms with Gasteiger partial charge in [-0.3, -0.25) is 18.6 Å². The van der Waals surface area contributed by atoms with Gasteiger partial charge in [-0.2, -0.15) is 0 Å². The monoisotopic (exact) mass is 955 g/mol. The molecule has 390 valence electrons. The van der Waals surface area contributed by atoms with Crippen LogP contribution >= 0.6 is 7.82 Å². The molecule has 0 aliphatic carbocycles. The number of esters is 2. The standard InChI is InChI=1S/C56H108NO8P/c1-6-8-10-12-14-16-18-20-22-24-26-27-28-29-31-33-35-37-39-41-43-45-47-49-56(59)65-54(53-64-66(60,61)63-51-50-57(3,4)5)52-62-55(58)48-46-44-42-40-38-36-34-32-30-25-23-21-19-17-15-13-11-9-7-2/h18,20,24,26,54H,6-17,19,21-23,25,27-53H2,1-5H3/p+1/b20-18-,26-24-. The number of hydrogen-bond acceptors (Lipinski definition) is 7. The van der Waals surface area contributed by atoms with Crippen molar-refractivity contribution in [3.63, 3.8) is 0 Å². The van der Waals surface area contributed by atoms with Crippen LogP contribution in [-0.4, -0.2) is 74.9 Å². The van der Waals surface area contributed by atoms with Gasteiger partial charge in [0.05, 0.1) is 27.7 Å². The average molecular weight is 955 g/mol. The van der Waals surface area contributed by atoms with Crippen molar-refractivity contribution in [3.8, 4) is 0 Å². The van der Waals surface area contributed by atoms with Gasteiger partial charge in [0.25, 0.3) is 0 Å². The van der Waals surface area contributed by atoms with Crippen LogP contribution in [0.3, 0.4) is 0 Å². The number of likely N-dealkylation sites (N-methyl/N-ethyl adjacent to an activating group) is 1. The van der Waals surface area contributed by atoms with Crippen molar-refractivity contribution in [3.05, 3.63) is 24.3 Å². The van der Waals surface area contributed by atoms with E-state index in [1.807, 2.05) is 21.1 Å². The molecule has 0 bridgehead atoms. The summed E-state index contributed by atoms with van der Waals surface area (Å²) in [6.45, 7) is 4.47. The minimum atomic E-state index is -4.38. The smallest absolute Gasteiger partial charge is 0.462 e. The number of unbranched alkanes of at least 4 members (excludes halogenated alkanes) is 34. The second-order valence-corrected chi connectivity index (χ2v) is 21.8. The van der Waals surface area contributed by atoms with Gasteiger partial charge in [0.2, 0.25) is 0 Å². The summed E-state index contributed by atoms with van der Waals surface area (Å²) in [4.78, 5) is 35.6. The highest BCUT2D eigenvalue weighted by Crippen LogP contribution is 2.43. The molecule has 0 amide bonds.